The lowest BCUT2D eigenvalue weighted by Gasteiger charge is -2.10. The highest BCUT2D eigenvalue weighted by Gasteiger charge is 2.16. The van der Waals surface area contributed by atoms with E-state index in [1.165, 1.54) is 7.11 Å². The number of carbonyl (C=O) groups is 1. The molecule has 0 saturated heterocycles. The normalized spacial score (nSPS) is 11.3. The Morgan fingerprint density at radius 3 is 2.74 bits per heavy atom. The number of benzene rings is 2. The van der Waals surface area contributed by atoms with E-state index in [1.807, 2.05) is 48.9 Å². The van der Waals surface area contributed by atoms with Gasteiger partial charge in [-0.15, -0.1) is 0 Å². The smallest absolute Gasteiger partial charge is 0.266 e. The van der Waals surface area contributed by atoms with Gasteiger partial charge >= 0.3 is 0 Å². The van der Waals surface area contributed by atoms with Crippen molar-refractivity contribution in [2.24, 2.45) is 7.05 Å². The maximum atomic E-state index is 12.7. The maximum absolute atomic E-state index is 12.7. The maximum Gasteiger partial charge on any atom is 0.266 e. The molecule has 27 heavy (non-hydrogen) atoms. The molecule has 0 radical (unpaired) electrons. The molecular weight excluding hydrogens is 362 g/mol. The van der Waals surface area contributed by atoms with Crippen molar-refractivity contribution in [1.29, 1.82) is 5.26 Å². The molecule has 0 unspecified atom stereocenters. The van der Waals surface area contributed by atoms with E-state index in [-0.39, 0.29) is 5.57 Å². The van der Waals surface area contributed by atoms with Crippen LogP contribution >= 0.6 is 11.6 Å². The zero-order valence-corrected chi connectivity index (χ0v) is 16.0. The second kappa shape index (κ2) is 7.56. The van der Waals surface area contributed by atoms with Gasteiger partial charge in [-0.25, -0.2) is 0 Å². The first-order chi connectivity index (χ1) is 13.0. The van der Waals surface area contributed by atoms with E-state index in [4.69, 9.17) is 16.3 Å². The third-order valence-corrected chi connectivity index (χ3v) is 4.75. The van der Waals surface area contributed by atoms with Crippen LogP contribution in [0, 0.1) is 18.3 Å². The van der Waals surface area contributed by atoms with E-state index in [9.17, 15) is 10.1 Å². The minimum Gasteiger partial charge on any atom is -0.495 e. The van der Waals surface area contributed by atoms with Crippen molar-refractivity contribution in [3.8, 4) is 11.8 Å². The molecule has 3 aromatic rings. The lowest BCUT2D eigenvalue weighted by molar-refractivity contribution is -0.112. The molecule has 3 rings (SSSR count). The summed E-state index contributed by atoms with van der Waals surface area (Å²) in [7, 11) is 3.46. The molecule has 1 heterocycles. The number of fused-ring (bicyclic) bond motifs is 1. The van der Waals surface area contributed by atoms with Gasteiger partial charge in [-0.3, -0.25) is 4.79 Å². The van der Waals surface area contributed by atoms with Gasteiger partial charge in [0.25, 0.3) is 5.91 Å². The lowest BCUT2D eigenvalue weighted by atomic mass is 10.1. The molecule has 136 valence electrons. The van der Waals surface area contributed by atoms with Gasteiger partial charge < -0.3 is 14.6 Å². The summed E-state index contributed by atoms with van der Waals surface area (Å²) in [5.74, 6) is -0.0585. The summed E-state index contributed by atoms with van der Waals surface area (Å²) in [6, 6.07) is 14.8. The van der Waals surface area contributed by atoms with E-state index in [0.717, 1.165) is 22.2 Å². The number of hydrogen-bond acceptors (Lipinski definition) is 3. The van der Waals surface area contributed by atoms with Crippen LogP contribution in [0.25, 0.3) is 17.0 Å². The van der Waals surface area contributed by atoms with Crippen molar-refractivity contribution in [3.05, 3.63) is 64.3 Å². The first-order valence-electron chi connectivity index (χ1n) is 8.27. The number of rotatable bonds is 4. The second-order valence-corrected chi connectivity index (χ2v) is 6.48. The molecule has 6 heteroatoms. The number of nitrogens with zero attached hydrogens (tertiary/aromatic N) is 2. The van der Waals surface area contributed by atoms with Crippen LogP contribution in [0.1, 0.15) is 11.3 Å². The summed E-state index contributed by atoms with van der Waals surface area (Å²) in [6.45, 7) is 1.96. The number of nitrogens with one attached hydrogen (secondary N) is 1. The van der Waals surface area contributed by atoms with Gasteiger partial charge in [0.2, 0.25) is 0 Å². The minimum absolute atomic E-state index is 0.00326. The molecule has 1 aromatic heterocycles. The van der Waals surface area contributed by atoms with Crippen molar-refractivity contribution >= 4 is 40.2 Å². The summed E-state index contributed by atoms with van der Waals surface area (Å²) >= 11 is 6.00. The Morgan fingerprint density at radius 1 is 1.30 bits per heavy atom. The van der Waals surface area contributed by atoms with E-state index in [1.54, 1.807) is 24.3 Å². The Hall–Kier alpha value is -3.23. The molecule has 0 fully saturated rings. The van der Waals surface area contributed by atoms with Crippen LogP contribution in [0.5, 0.6) is 5.75 Å². The first kappa shape index (κ1) is 18.6. The molecule has 0 spiro atoms. The summed E-state index contributed by atoms with van der Waals surface area (Å²) < 4.78 is 7.27. The number of hydrogen-bond donors (Lipinski definition) is 1. The fourth-order valence-corrected chi connectivity index (χ4v) is 3.16. The van der Waals surface area contributed by atoms with Crippen LogP contribution in [0.4, 0.5) is 5.69 Å². The van der Waals surface area contributed by atoms with E-state index in [2.05, 4.69) is 5.32 Å². The number of ether oxygens (including phenoxy) is 1. The average molecular weight is 380 g/mol. The number of nitriles is 1. The van der Waals surface area contributed by atoms with Crippen LogP contribution in [-0.4, -0.2) is 17.6 Å². The topological polar surface area (TPSA) is 67.0 Å². The predicted molar refractivity (Wildman–Crippen MR) is 108 cm³/mol. The molecule has 2 aromatic carbocycles. The number of aryl methyl sites for hydroxylation is 1. The summed E-state index contributed by atoms with van der Waals surface area (Å²) in [5.41, 5.74) is 3.26. The van der Waals surface area contributed by atoms with Gasteiger partial charge in [-0.1, -0.05) is 29.8 Å². The van der Waals surface area contributed by atoms with E-state index < -0.39 is 5.91 Å². The zero-order valence-electron chi connectivity index (χ0n) is 15.2. The number of para-hydroxylation sites is 1. The molecule has 1 amide bonds. The lowest BCUT2D eigenvalue weighted by Crippen LogP contribution is -2.14. The van der Waals surface area contributed by atoms with Crippen molar-refractivity contribution in [1.82, 2.24) is 4.57 Å². The van der Waals surface area contributed by atoms with Crippen LogP contribution in [0.3, 0.4) is 0 Å². The third-order valence-electron chi connectivity index (χ3n) is 4.51. The fraction of sp³-hybridized carbons (Fsp3) is 0.143. The standard InChI is InChI=1S/C21H18ClN3O2/c1-13-17(16-6-4-5-7-19(16)25(13)2)10-14(12-23)21(26)24-18-11-15(22)8-9-20(18)27-3/h4-11H,1-3H3,(H,24,26)/b14-10+. The molecule has 0 aliphatic carbocycles. The molecule has 0 aliphatic rings. The van der Waals surface area contributed by atoms with Crippen LogP contribution in [-0.2, 0) is 11.8 Å². The third kappa shape index (κ3) is 3.53. The Kier molecular flexibility index (Phi) is 5.20. The fourth-order valence-electron chi connectivity index (χ4n) is 2.99. The number of anilines is 1. The predicted octanol–water partition coefficient (Wildman–Crippen LogP) is 4.69. The number of aromatic nitrogens is 1. The van der Waals surface area contributed by atoms with E-state index >= 15 is 0 Å². The van der Waals surface area contributed by atoms with Crippen molar-refractivity contribution in [3.63, 3.8) is 0 Å². The van der Waals surface area contributed by atoms with Gasteiger partial charge in [0.1, 0.15) is 17.4 Å². The molecule has 0 bridgehead atoms. The quantitative estimate of drug-likeness (QED) is 0.528. The van der Waals surface area contributed by atoms with E-state index in [0.29, 0.717) is 16.5 Å². The van der Waals surface area contributed by atoms with Crippen molar-refractivity contribution < 1.29 is 9.53 Å². The molecule has 1 N–H and O–H groups in total. The summed E-state index contributed by atoms with van der Waals surface area (Å²) in [6.07, 6.45) is 1.62. The zero-order chi connectivity index (χ0) is 19.6. The Labute approximate surface area is 162 Å². The second-order valence-electron chi connectivity index (χ2n) is 6.04. The largest absolute Gasteiger partial charge is 0.495 e. The van der Waals surface area contributed by atoms with Gasteiger partial charge in [0.15, 0.2) is 0 Å². The monoisotopic (exact) mass is 379 g/mol. The van der Waals surface area contributed by atoms with Gasteiger partial charge in [-0.05, 0) is 37.3 Å². The van der Waals surface area contributed by atoms with Crippen molar-refractivity contribution in [2.75, 3.05) is 12.4 Å². The Morgan fingerprint density at radius 2 is 2.04 bits per heavy atom. The van der Waals surface area contributed by atoms with Crippen LogP contribution in [0.15, 0.2) is 48.0 Å². The number of carbonyl (C=O) groups excluding carboxylic acids is 1. The van der Waals surface area contributed by atoms with Gasteiger partial charge in [0, 0.05) is 34.2 Å². The summed E-state index contributed by atoms with van der Waals surface area (Å²) in [4.78, 5) is 12.7. The van der Waals surface area contributed by atoms with Gasteiger partial charge in [0.05, 0.1) is 12.8 Å². The molecule has 0 saturated carbocycles. The summed E-state index contributed by atoms with van der Waals surface area (Å²) in [5, 5.41) is 13.7. The molecule has 0 aliphatic heterocycles. The Balaban J connectivity index is 2.01. The highest BCUT2D eigenvalue weighted by molar-refractivity contribution is 6.31. The van der Waals surface area contributed by atoms with Crippen LogP contribution in [0.2, 0.25) is 5.02 Å². The average Bonchev–Trinajstić information content (AvgIpc) is 2.91. The highest BCUT2D eigenvalue weighted by atomic mass is 35.5. The molecule has 0 atom stereocenters. The highest BCUT2D eigenvalue weighted by Crippen LogP contribution is 2.29. The number of methoxy groups -OCH3 is 1. The van der Waals surface area contributed by atoms with Gasteiger partial charge in [-0.2, -0.15) is 5.26 Å². The molecular formula is C21H18ClN3O2. The molecule has 5 nitrogen and oxygen atoms in total. The van der Waals surface area contributed by atoms with Crippen molar-refractivity contribution in [2.45, 2.75) is 6.92 Å². The number of halogens is 1. The SMILES string of the molecule is COc1ccc(Cl)cc1NC(=O)/C(C#N)=C/c1c(C)n(C)c2ccccc12. The minimum atomic E-state index is -0.523. The Bertz CT molecular complexity index is 1110. The number of amides is 1. The first-order valence-corrected chi connectivity index (χ1v) is 8.64. The van der Waals surface area contributed by atoms with Crippen LogP contribution < -0.4 is 10.1 Å².